The molecule has 0 saturated carbocycles. The number of nitrogens with zero attached hydrogens (tertiary/aromatic N) is 1. The van der Waals surface area contributed by atoms with Crippen molar-refractivity contribution >= 4 is 55.7 Å². The highest BCUT2D eigenvalue weighted by atomic mass is 127. The van der Waals surface area contributed by atoms with Crippen molar-refractivity contribution in [3.05, 3.63) is 34.3 Å². The highest BCUT2D eigenvalue weighted by Gasteiger charge is 2.09. The van der Waals surface area contributed by atoms with Crippen molar-refractivity contribution < 1.29 is 8.42 Å². The lowest BCUT2D eigenvalue weighted by molar-refractivity contribution is 0.581. The van der Waals surface area contributed by atoms with E-state index in [-0.39, 0.29) is 35.8 Å². The van der Waals surface area contributed by atoms with Gasteiger partial charge in [0.25, 0.3) is 0 Å². The molecule has 0 bridgehead atoms. The molecule has 1 atom stereocenters. The molecular weight excluding hydrogens is 493 g/mol. The summed E-state index contributed by atoms with van der Waals surface area (Å²) in [6.45, 7) is 5.27. The molecule has 1 rings (SSSR count). The first-order valence-electron chi connectivity index (χ1n) is 7.27. The molecular formula is C15H25BrIN3O2S. The Morgan fingerprint density at radius 2 is 2.09 bits per heavy atom. The molecule has 0 aliphatic heterocycles. The van der Waals surface area contributed by atoms with E-state index in [0.29, 0.717) is 18.9 Å². The third kappa shape index (κ3) is 10.9. The number of hydrogen-bond donors (Lipinski definition) is 2. The Kier molecular flexibility index (Phi) is 11.1. The number of sulfone groups is 1. The van der Waals surface area contributed by atoms with Crippen LogP contribution in [0.15, 0.2) is 33.7 Å². The molecule has 23 heavy (non-hydrogen) atoms. The predicted octanol–water partition coefficient (Wildman–Crippen LogP) is 2.95. The van der Waals surface area contributed by atoms with E-state index in [0.717, 1.165) is 16.6 Å². The minimum absolute atomic E-state index is 0. The van der Waals surface area contributed by atoms with Crippen molar-refractivity contribution in [3.63, 3.8) is 0 Å². The average Bonchev–Trinajstić information content (AvgIpc) is 2.42. The summed E-state index contributed by atoms with van der Waals surface area (Å²) >= 11 is 3.44. The van der Waals surface area contributed by atoms with E-state index in [1.54, 1.807) is 0 Å². The molecule has 0 saturated heterocycles. The van der Waals surface area contributed by atoms with Crippen LogP contribution in [-0.2, 0) is 16.4 Å². The number of halogens is 2. The average molecular weight is 518 g/mol. The minimum atomic E-state index is -2.93. The molecule has 8 heteroatoms. The van der Waals surface area contributed by atoms with E-state index in [1.807, 2.05) is 38.1 Å². The van der Waals surface area contributed by atoms with Gasteiger partial charge in [-0.15, -0.1) is 24.0 Å². The van der Waals surface area contributed by atoms with Crippen molar-refractivity contribution in [1.29, 1.82) is 0 Å². The van der Waals surface area contributed by atoms with E-state index in [1.165, 1.54) is 6.26 Å². The van der Waals surface area contributed by atoms with Gasteiger partial charge in [-0.2, -0.15) is 0 Å². The van der Waals surface area contributed by atoms with Crippen molar-refractivity contribution in [3.8, 4) is 0 Å². The van der Waals surface area contributed by atoms with Crippen LogP contribution < -0.4 is 10.6 Å². The Bertz CT molecular complexity index is 608. The number of nitrogens with one attached hydrogen (secondary N) is 2. The predicted molar refractivity (Wildman–Crippen MR) is 111 cm³/mol. The summed E-state index contributed by atoms with van der Waals surface area (Å²) in [4.78, 5) is 4.53. The van der Waals surface area contributed by atoms with Gasteiger partial charge in [-0.25, -0.2) is 13.4 Å². The zero-order valence-electron chi connectivity index (χ0n) is 13.7. The molecule has 132 valence electrons. The lowest BCUT2D eigenvalue weighted by Crippen LogP contribution is -2.42. The van der Waals surface area contributed by atoms with Crippen LogP contribution in [0.25, 0.3) is 0 Å². The molecule has 0 aromatic heterocycles. The Morgan fingerprint density at radius 3 is 2.65 bits per heavy atom. The van der Waals surface area contributed by atoms with Crippen LogP contribution in [0.1, 0.15) is 25.8 Å². The number of rotatable bonds is 7. The second kappa shape index (κ2) is 11.2. The summed E-state index contributed by atoms with van der Waals surface area (Å²) < 4.78 is 23.5. The van der Waals surface area contributed by atoms with Gasteiger partial charge in [0.05, 0.1) is 12.3 Å². The fraction of sp³-hybridized carbons (Fsp3) is 0.533. The first-order chi connectivity index (χ1) is 10.3. The quantitative estimate of drug-likeness (QED) is 0.331. The largest absolute Gasteiger partial charge is 0.357 e. The van der Waals surface area contributed by atoms with Gasteiger partial charge in [-0.1, -0.05) is 28.1 Å². The van der Waals surface area contributed by atoms with Gasteiger partial charge in [0, 0.05) is 23.3 Å². The van der Waals surface area contributed by atoms with Crippen LogP contribution in [0.3, 0.4) is 0 Å². The normalized spacial score (nSPS) is 13.1. The number of aliphatic imine (C=N–C) groups is 1. The second-order valence-electron chi connectivity index (χ2n) is 5.29. The zero-order valence-corrected chi connectivity index (χ0v) is 18.4. The Labute approximate surface area is 164 Å². The van der Waals surface area contributed by atoms with Crippen LogP contribution in [0.5, 0.6) is 0 Å². The summed E-state index contributed by atoms with van der Waals surface area (Å²) in [5.41, 5.74) is 1.11. The molecule has 0 aliphatic rings. The highest BCUT2D eigenvalue weighted by molar-refractivity contribution is 14.0. The monoisotopic (exact) mass is 517 g/mol. The third-order valence-electron chi connectivity index (χ3n) is 2.96. The summed E-state index contributed by atoms with van der Waals surface area (Å²) in [6.07, 6.45) is 1.81. The Hall–Kier alpha value is -0.350. The van der Waals surface area contributed by atoms with Gasteiger partial charge in [0.1, 0.15) is 9.84 Å². The summed E-state index contributed by atoms with van der Waals surface area (Å²) in [5, 5.41) is 6.41. The van der Waals surface area contributed by atoms with E-state index >= 15 is 0 Å². The van der Waals surface area contributed by atoms with Crippen molar-refractivity contribution in [1.82, 2.24) is 10.6 Å². The molecule has 0 aliphatic carbocycles. The molecule has 0 amide bonds. The van der Waals surface area contributed by atoms with Crippen LogP contribution >= 0.6 is 39.9 Å². The summed E-state index contributed by atoms with van der Waals surface area (Å²) in [7, 11) is -2.93. The minimum Gasteiger partial charge on any atom is -0.357 e. The topological polar surface area (TPSA) is 70.6 Å². The first kappa shape index (κ1) is 22.6. The maximum Gasteiger partial charge on any atom is 0.191 e. The Morgan fingerprint density at radius 1 is 1.39 bits per heavy atom. The van der Waals surface area contributed by atoms with E-state index in [9.17, 15) is 8.42 Å². The van der Waals surface area contributed by atoms with Gasteiger partial charge in [0.2, 0.25) is 0 Å². The third-order valence-corrected chi connectivity index (χ3v) is 4.43. The van der Waals surface area contributed by atoms with E-state index < -0.39 is 9.84 Å². The van der Waals surface area contributed by atoms with Gasteiger partial charge in [0.15, 0.2) is 5.96 Å². The first-order valence-corrected chi connectivity index (χ1v) is 10.1. The van der Waals surface area contributed by atoms with Crippen molar-refractivity contribution in [2.24, 2.45) is 4.99 Å². The SMILES string of the molecule is CCNC(=NCc1cccc(Br)c1)NC(C)CCS(C)(=O)=O.I. The van der Waals surface area contributed by atoms with E-state index in [2.05, 4.69) is 31.6 Å². The molecule has 2 N–H and O–H groups in total. The van der Waals surface area contributed by atoms with Crippen LogP contribution in [0, 0.1) is 0 Å². The maximum absolute atomic E-state index is 11.2. The lowest BCUT2D eigenvalue weighted by atomic mass is 10.2. The second-order valence-corrected chi connectivity index (χ2v) is 8.46. The number of benzene rings is 1. The molecule has 5 nitrogen and oxygen atoms in total. The van der Waals surface area contributed by atoms with E-state index in [4.69, 9.17) is 0 Å². The van der Waals surface area contributed by atoms with Gasteiger partial charge in [-0.3, -0.25) is 0 Å². The Balaban J connectivity index is 0.00000484. The highest BCUT2D eigenvalue weighted by Crippen LogP contribution is 2.12. The molecule has 0 fully saturated rings. The lowest BCUT2D eigenvalue weighted by Gasteiger charge is -2.17. The van der Waals surface area contributed by atoms with Crippen molar-refractivity contribution in [2.75, 3.05) is 18.6 Å². The van der Waals surface area contributed by atoms with Crippen molar-refractivity contribution in [2.45, 2.75) is 32.9 Å². The van der Waals surface area contributed by atoms with Gasteiger partial charge in [-0.05, 0) is 38.0 Å². The van der Waals surface area contributed by atoms with Crippen LogP contribution in [0.4, 0.5) is 0 Å². The maximum atomic E-state index is 11.2. The molecule has 0 radical (unpaired) electrons. The fourth-order valence-electron chi connectivity index (χ4n) is 1.82. The summed E-state index contributed by atoms with van der Waals surface area (Å²) in [6, 6.07) is 8.04. The van der Waals surface area contributed by atoms with Crippen LogP contribution in [0.2, 0.25) is 0 Å². The molecule has 1 aromatic rings. The number of guanidine groups is 1. The standard InChI is InChI=1S/C15H24BrN3O2S.HI/c1-4-17-15(19-12(2)8-9-22(3,20)21)18-11-13-6-5-7-14(16)10-13;/h5-7,10,12H,4,8-9,11H2,1-3H3,(H2,17,18,19);1H. The number of hydrogen-bond acceptors (Lipinski definition) is 3. The molecule has 0 heterocycles. The molecule has 1 unspecified atom stereocenters. The van der Waals surface area contributed by atoms with Crippen LogP contribution in [-0.4, -0.2) is 39.0 Å². The van der Waals surface area contributed by atoms with Gasteiger partial charge >= 0.3 is 0 Å². The smallest absolute Gasteiger partial charge is 0.191 e. The molecule has 1 aromatic carbocycles. The molecule has 0 spiro atoms. The zero-order chi connectivity index (χ0) is 16.6. The summed E-state index contributed by atoms with van der Waals surface area (Å²) in [5.74, 6) is 0.870. The fourth-order valence-corrected chi connectivity index (χ4v) is 3.05. The van der Waals surface area contributed by atoms with Gasteiger partial charge < -0.3 is 10.6 Å².